The normalized spacial score (nSPS) is 12.3. The van der Waals surface area contributed by atoms with Gasteiger partial charge in [0.1, 0.15) is 17.5 Å². The number of carbonyl (C=O) groups is 1. The van der Waals surface area contributed by atoms with Crippen LogP contribution in [0.5, 0.6) is 11.5 Å². The van der Waals surface area contributed by atoms with Crippen LogP contribution in [0, 0.1) is 5.92 Å². The van der Waals surface area contributed by atoms with Crippen molar-refractivity contribution in [2.75, 3.05) is 14.2 Å². The summed E-state index contributed by atoms with van der Waals surface area (Å²) < 4.78 is 9.85. The van der Waals surface area contributed by atoms with Gasteiger partial charge in [0.15, 0.2) is 0 Å². The number of ether oxygens (including phenoxy) is 2. The molecule has 5 heteroatoms. The molecule has 5 nitrogen and oxygen atoms in total. The Morgan fingerprint density at radius 2 is 2.05 bits per heavy atom. The van der Waals surface area contributed by atoms with Crippen LogP contribution in [-0.2, 0) is 16.1 Å². The van der Waals surface area contributed by atoms with E-state index in [2.05, 4.69) is 5.32 Å². The maximum atomic E-state index is 11.6. The molecule has 0 fully saturated rings. The Kier molecular flexibility index (Phi) is 5.63. The SMILES string of the molecule is COC(=O)C(NCc1cc(OC)ccc1O)C(C)C. The fourth-order valence-corrected chi connectivity index (χ4v) is 1.77. The van der Waals surface area contributed by atoms with E-state index in [0.717, 1.165) is 0 Å². The first-order valence-corrected chi connectivity index (χ1v) is 6.16. The summed E-state index contributed by atoms with van der Waals surface area (Å²) in [6, 6.07) is 4.57. The molecule has 0 aliphatic heterocycles. The number of esters is 1. The summed E-state index contributed by atoms with van der Waals surface area (Å²) in [4.78, 5) is 11.6. The lowest BCUT2D eigenvalue weighted by Gasteiger charge is -2.20. The molecule has 0 heterocycles. The summed E-state index contributed by atoms with van der Waals surface area (Å²) in [6.07, 6.45) is 0. The maximum Gasteiger partial charge on any atom is 0.323 e. The molecule has 0 aliphatic rings. The summed E-state index contributed by atoms with van der Waals surface area (Å²) >= 11 is 0. The van der Waals surface area contributed by atoms with Gasteiger partial charge in [-0.25, -0.2) is 0 Å². The van der Waals surface area contributed by atoms with Crippen LogP contribution >= 0.6 is 0 Å². The molecule has 1 aromatic rings. The Labute approximate surface area is 113 Å². The third-order valence-electron chi connectivity index (χ3n) is 2.92. The van der Waals surface area contributed by atoms with Crippen molar-refractivity contribution in [3.63, 3.8) is 0 Å². The van der Waals surface area contributed by atoms with E-state index in [1.807, 2.05) is 13.8 Å². The lowest BCUT2D eigenvalue weighted by molar-refractivity contribution is -0.144. The fourth-order valence-electron chi connectivity index (χ4n) is 1.77. The van der Waals surface area contributed by atoms with Gasteiger partial charge in [-0.05, 0) is 24.1 Å². The molecule has 2 N–H and O–H groups in total. The van der Waals surface area contributed by atoms with Crippen LogP contribution in [0.25, 0.3) is 0 Å². The van der Waals surface area contributed by atoms with Crippen molar-refractivity contribution in [3.05, 3.63) is 23.8 Å². The molecular weight excluding hydrogens is 246 g/mol. The van der Waals surface area contributed by atoms with Gasteiger partial charge in [-0.1, -0.05) is 13.8 Å². The monoisotopic (exact) mass is 267 g/mol. The highest BCUT2D eigenvalue weighted by atomic mass is 16.5. The molecule has 0 bridgehead atoms. The predicted molar refractivity (Wildman–Crippen MR) is 72.1 cm³/mol. The Balaban J connectivity index is 2.76. The van der Waals surface area contributed by atoms with Gasteiger partial charge < -0.3 is 14.6 Å². The highest BCUT2D eigenvalue weighted by Crippen LogP contribution is 2.23. The molecule has 19 heavy (non-hydrogen) atoms. The second-order valence-electron chi connectivity index (χ2n) is 4.62. The van der Waals surface area contributed by atoms with E-state index in [1.165, 1.54) is 7.11 Å². The van der Waals surface area contributed by atoms with Crippen molar-refractivity contribution in [1.82, 2.24) is 5.32 Å². The molecule has 0 spiro atoms. The van der Waals surface area contributed by atoms with E-state index in [0.29, 0.717) is 17.9 Å². The van der Waals surface area contributed by atoms with Crippen molar-refractivity contribution in [2.45, 2.75) is 26.4 Å². The van der Waals surface area contributed by atoms with Crippen LogP contribution < -0.4 is 10.1 Å². The minimum atomic E-state index is -0.407. The summed E-state index contributed by atoms with van der Waals surface area (Å²) in [5, 5.41) is 12.9. The predicted octanol–water partition coefficient (Wildman–Crippen LogP) is 1.69. The van der Waals surface area contributed by atoms with Gasteiger partial charge in [0.05, 0.1) is 14.2 Å². The van der Waals surface area contributed by atoms with E-state index in [1.54, 1.807) is 25.3 Å². The van der Waals surface area contributed by atoms with Crippen LogP contribution in [0.1, 0.15) is 19.4 Å². The molecule has 106 valence electrons. The fraction of sp³-hybridized carbons (Fsp3) is 0.500. The zero-order valence-electron chi connectivity index (χ0n) is 11.8. The first-order valence-electron chi connectivity index (χ1n) is 6.16. The molecule has 1 aromatic carbocycles. The van der Waals surface area contributed by atoms with E-state index in [-0.39, 0.29) is 17.6 Å². The van der Waals surface area contributed by atoms with Gasteiger partial charge in [-0.3, -0.25) is 10.1 Å². The summed E-state index contributed by atoms with van der Waals surface area (Å²) in [7, 11) is 2.93. The minimum absolute atomic E-state index is 0.0974. The summed E-state index contributed by atoms with van der Waals surface area (Å²) in [5.41, 5.74) is 0.675. The van der Waals surface area contributed by atoms with E-state index < -0.39 is 6.04 Å². The van der Waals surface area contributed by atoms with Crippen LogP contribution in [-0.4, -0.2) is 31.3 Å². The second-order valence-corrected chi connectivity index (χ2v) is 4.62. The van der Waals surface area contributed by atoms with Gasteiger partial charge in [0, 0.05) is 12.1 Å². The number of hydrogen-bond acceptors (Lipinski definition) is 5. The average molecular weight is 267 g/mol. The maximum absolute atomic E-state index is 11.6. The lowest BCUT2D eigenvalue weighted by Crippen LogP contribution is -2.41. The molecule has 0 saturated carbocycles. The number of phenols is 1. The zero-order valence-corrected chi connectivity index (χ0v) is 11.8. The Bertz CT molecular complexity index is 431. The molecule has 0 aliphatic carbocycles. The second kappa shape index (κ2) is 6.99. The minimum Gasteiger partial charge on any atom is -0.508 e. The van der Waals surface area contributed by atoms with Crippen molar-refractivity contribution in [2.24, 2.45) is 5.92 Å². The number of carbonyl (C=O) groups excluding carboxylic acids is 1. The standard InChI is InChI=1S/C14H21NO4/c1-9(2)13(14(17)19-4)15-8-10-7-11(18-3)5-6-12(10)16/h5-7,9,13,15-16H,8H2,1-4H3. The molecule has 0 radical (unpaired) electrons. The third kappa shape index (κ3) is 4.13. The van der Waals surface area contributed by atoms with Crippen LogP contribution in [0.2, 0.25) is 0 Å². The van der Waals surface area contributed by atoms with Crippen molar-refractivity contribution < 1.29 is 19.4 Å². The quantitative estimate of drug-likeness (QED) is 0.768. The smallest absolute Gasteiger partial charge is 0.323 e. The topological polar surface area (TPSA) is 67.8 Å². The first-order chi connectivity index (χ1) is 8.99. The van der Waals surface area contributed by atoms with Gasteiger partial charge in [0.25, 0.3) is 0 Å². The van der Waals surface area contributed by atoms with Crippen LogP contribution in [0.15, 0.2) is 18.2 Å². The van der Waals surface area contributed by atoms with Crippen molar-refractivity contribution >= 4 is 5.97 Å². The number of aromatic hydroxyl groups is 1. The number of hydrogen-bond donors (Lipinski definition) is 2. The number of phenolic OH excluding ortho intramolecular Hbond substituents is 1. The number of rotatable bonds is 6. The van der Waals surface area contributed by atoms with Crippen LogP contribution in [0.4, 0.5) is 0 Å². The Morgan fingerprint density at radius 1 is 1.37 bits per heavy atom. The van der Waals surface area contributed by atoms with Gasteiger partial charge >= 0.3 is 5.97 Å². The van der Waals surface area contributed by atoms with Gasteiger partial charge in [-0.2, -0.15) is 0 Å². The van der Waals surface area contributed by atoms with Gasteiger partial charge in [-0.15, -0.1) is 0 Å². The largest absolute Gasteiger partial charge is 0.508 e. The zero-order chi connectivity index (χ0) is 14.4. The molecule has 1 rings (SSSR count). The highest BCUT2D eigenvalue weighted by molar-refractivity contribution is 5.75. The summed E-state index contributed by atoms with van der Waals surface area (Å²) in [5.74, 6) is 0.618. The van der Waals surface area contributed by atoms with E-state index >= 15 is 0 Å². The van der Waals surface area contributed by atoms with E-state index in [4.69, 9.17) is 9.47 Å². The molecule has 0 amide bonds. The Morgan fingerprint density at radius 3 is 2.58 bits per heavy atom. The number of benzene rings is 1. The van der Waals surface area contributed by atoms with E-state index in [9.17, 15) is 9.90 Å². The highest BCUT2D eigenvalue weighted by Gasteiger charge is 2.22. The lowest BCUT2D eigenvalue weighted by atomic mass is 10.0. The molecule has 1 atom stereocenters. The Hall–Kier alpha value is -1.75. The molecule has 1 unspecified atom stereocenters. The van der Waals surface area contributed by atoms with Crippen molar-refractivity contribution in [1.29, 1.82) is 0 Å². The van der Waals surface area contributed by atoms with Crippen molar-refractivity contribution in [3.8, 4) is 11.5 Å². The third-order valence-corrected chi connectivity index (χ3v) is 2.92. The number of methoxy groups -OCH3 is 2. The first kappa shape index (κ1) is 15.3. The van der Waals surface area contributed by atoms with Crippen LogP contribution in [0.3, 0.4) is 0 Å². The molecule has 0 aromatic heterocycles. The molecular formula is C14H21NO4. The molecule has 0 saturated heterocycles. The summed E-state index contributed by atoms with van der Waals surface area (Å²) in [6.45, 7) is 4.22. The number of nitrogens with one attached hydrogen (secondary N) is 1. The average Bonchev–Trinajstić information content (AvgIpc) is 2.40. The van der Waals surface area contributed by atoms with Gasteiger partial charge in [0.2, 0.25) is 0 Å².